The van der Waals surface area contributed by atoms with Crippen LogP contribution < -0.4 is 0 Å². The second-order valence-corrected chi connectivity index (χ2v) is 3.36. The summed E-state index contributed by atoms with van der Waals surface area (Å²) in [4.78, 5) is 9.04. The van der Waals surface area contributed by atoms with Gasteiger partial charge in [0.2, 0.25) is 0 Å². The molecule has 90 valence electrons. The molecule has 0 fully saturated rings. The zero-order valence-electron chi connectivity index (χ0n) is 8.54. The Hall–Kier alpha value is 0.170. The van der Waals surface area contributed by atoms with Crippen molar-refractivity contribution in [1.82, 2.24) is 0 Å². The zero-order chi connectivity index (χ0) is 12.5. The Morgan fingerprint density at radius 1 is 1.33 bits per heavy atom. The lowest BCUT2D eigenvalue weighted by molar-refractivity contribution is -0.105. The van der Waals surface area contributed by atoms with Gasteiger partial charge in [0.1, 0.15) is 6.29 Å². The summed E-state index contributed by atoms with van der Waals surface area (Å²) in [6.07, 6.45) is 4.26. The predicted octanol–water partition coefficient (Wildman–Crippen LogP) is 3.15. The van der Waals surface area contributed by atoms with Crippen molar-refractivity contribution < 1.29 is 9.90 Å². The fraction of sp³-hybridized carbons (Fsp3) is 0.500. The Balaban J connectivity index is -0.000000155. The summed E-state index contributed by atoms with van der Waals surface area (Å²) in [6.45, 7) is 6.86. The van der Waals surface area contributed by atoms with Gasteiger partial charge in [-0.05, 0) is 6.42 Å². The van der Waals surface area contributed by atoms with E-state index in [0.717, 1.165) is 5.33 Å². The predicted molar refractivity (Wildman–Crippen MR) is 72.3 cm³/mol. The van der Waals surface area contributed by atoms with Gasteiger partial charge in [0.05, 0.1) is 12.0 Å². The number of allylic oxidation sites excluding steroid dienone is 1. The van der Waals surface area contributed by atoms with Gasteiger partial charge in [-0.2, -0.15) is 0 Å². The van der Waals surface area contributed by atoms with Crippen molar-refractivity contribution >= 4 is 45.4 Å². The second kappa shape index (κ2) is 23.8. The summed E-state index contributed by atoms with van der Waals surface area (Å²) in [5, 5.41) is 9.55. The molecule has 0 radical (unpaired) electrons. The lowest BCUT2D eigenvalue weighted by Crippen LogP contribution is -2.04. The van der Waals surface area contributed by atoms with Crippen molar-refractivity contribution in [2.45, 2.75) is 12.5 Å². The van der Waals surface area contributed by atoms with Crippen LogP contribution in [-0.2, 0) is 4.79 Å². The maximum absolute atomic E-state index is 9.04. The largest absolute Gasteiger partial charge is 0.392 e. The van der Waals surface area contributed by atoms with E-state index in [4.69, 9.17) is 33.1 Å². The van der Waals surface area contributed by atoms with Crippen LogP contribution in [0.2, 0.25) is 0 Å². The fourth-order valence-electron chi connectivity index (χ4n) is 0.255. The van der Waals surface area contributed by atoms with Gasteiger partial charge in [-0.1, -0.05) is 28.1 Å². The molecule has 0 aromatic carbocycles. The molecule has 0 aromatic heterocycles. The maximum atomic E-state index is 9.04. The van der Waals surface area contributed by atoms with Gasteiger partial charge in [0, 0.05) is 11.2 Å². The Kier molecular flexibility index (Phi) is 32.6. The molecule has 0 saturated carbocycles. The molecule has 0 aliphatic carbocycles. The minimum absolute atomic E-state index is 0.111. The number of aliphatic hydroxyl groups is 1. The van der Waals surface area contributed by atoms with Gasteiger partial charge >= 0.3 is 0 Å². The van der Waals surface area contributed by atoms with E-state index in [-0.39, 0.29) is 5.88 Å². The summed E-state index contributed by atoms with van der Waals surface area (Å²) in [5.41, 5.74) is 0. The minimum Gasteiger partial charge on any atom is -0.392 e. The molecule has 0 heterocycles. The summed E-state index contributed by atoms with van der Waals surface area (Å²) >= 11 is 13.2. The van der Waals surface area contributed by atoms with E-state index in [1.807, 2.05) is 0 Å². The highest BCUT2D eigenvalue weighted by atomic mass is 79.9. The third-order valence-electron chi connectivity index (χ3n) is 0.789. The molecular formula is C10H17BrCl2O2. The third-order valence-corrected chi connectivity index (χ3v) is 1.73. The van der Waals surface area contributed by atoms with Crippen molar-refractivity contribution in [3.63, 3.8) is 0 Å². The van der Waals surface area contributed by atoms with Gasteiger partial charge in [-0.25, -0.2) is 0 Å². The Labute approximate surface area is 110 Å². The number of aliphatic hydroxyl groups excluding tert-OH is 1. The van der Waals surface area contributed by atoms with Crippen molar-refractivity contribution in [1.29, 1.82) is 0 Å². The molecule has 1 atom stereocenters. The topological polar surface area (TPSA) is 37.3 Å². The second-order valence-electron chi connectivity index (χ2n) is 2.10. The van der Waals surface area contributed by atoms with Gasteiger partial charge in [-0.15, -0.1) is 36.4 Å². The Bertz CT molecular complexity index is 135. The minimum atomic E-state index is -0.404. The average Bonchev–Trinajstić information content (AvgIpc) is 2.30. The van der Waals surface area contributed by atoms with Crippen molar-refractivity contribution in [3.8, 4) is 0 Å². The number of aldehydes is 1. The van der Waals surface area contributed by atoms with E-state index in [9.17, 15) is 0 Å². The molecule has 0 spiro atoms. The number of rotatable bonds is 5. The molecule has 1 N–H and O–H groups in total. The highest BCUT2D eigenvalue weighted by Crippen LogP contribution is 1.92. The highest BCUT2D eigenvalue weighted by Gasteiger charge is 1.94. The molecule has 0 saturated heterocycles. The molecule has 15 heavy (non-hydrogen) atoms. The van der Waals surface area contributed by atoms with Crippen LogP contribution in [0.4, 0.5) is 0 Å². The van der Waals surface area contributed by atoms with Crippen LogP contribution in [0, 0.1) is 0 Å². The number of hydrogen-bond donors (Lipinski definition) is 1. The lowest BCUT2D eigenvalue weighted by atomic mass is 10.3. The van der Waals surface area contributed by atoms with Gasteiger partial charge in [0.25, 0.3) is 0 Å². The molecule has 0 aromatic rings. The van der Waals surface area contributed by atoms with E-state index in [1.54, 1.807) is 12.2 Å². The van der Waals surface area contributed by atoms with Crippen LogP contribution in [0.1, 0.15) is 6.42 Å². The monoisotopic (exact) mass is 318 g/mol. The number of hydrogen-bond acceptors (Lipinski definition) is 2. The standard InChI is InChI=1S/C5H9ClO.C3H5Br.C2H3ClO/c1-2-3-5(7)4-6;1-2-3-4;3-1-2-4/h2,5,7H,1,3-4H2;2H,1,3H2;2H,1H2. The Morgan fingerprint density at radius 2 is 1.73 bits per heavy atom. The number of carbonyl (C=O) groups is 1. The van der Waals surface area contributed by atoms with E-state index in [0.29, 0.717) is 18.6 Å². The van der Waals surface area contributed by atoms with Crippen LogP contribution in [-0.4, -0.2) is 34.6 Å². The highest BCUT2D eigenvalue weighted by molar-refractivity contribution is 9.09. The number of alkyl halides is 3. The number of carbonyl (C=O) groups excluding carboxylic acids is 1. The first-order valence-electron chi connectivity index (χ1n) is 4.15. The first-order chi connectivity index (χ1) is 7.14. The molecule has 1 unspecified atom stereocenters. The molecular weight excluding hydrogens is 303 g/mol. The van der Waals surface area contributed by atoms with Crippen LogP contribution >= 0.6 is 39.1 Å². The van der Waals surface area contributed by atoms with Crippen LogP contribution in [0.25, 0.3) is 0 Å². The molecule has 0 aliphatic rings. The van der Waals surface area contributed by atoms with Gasteiger partial charge in [-0.3, -0.25) is 0 Å². The van der Waals surface area contributed by atoms with Crippen LogP contribution in [0.3, 0.4) is 0 Å². The summed E-state index contributed by atoms with van der Waals surface area (Å²) < 4.78 is 0. The normalized spacial score (nSPS) is 9.60. The molecule has 2 nitrogen and oxygen atoms in total. The SMILES string of the molecule is C=CCBr.C=CCC(O)CCl.O=CCCl. The average molecular weight is 320 g/mol. The first-order valence-corrected chi connectivity index (χ1v) is 6.34. The van der Waals surface area contributed by atoms with Crippen LogP contribution in [0.5, 0.6) is 0 Å². The molecule has 0 aliphatic heterocycles. The summed E-state index contributed by atoms with van der Waals surface area (Å²) in [6, 6.07) is 0. The van der Waals surface area contributed by atoms with Gasteiger partial charge < -0.3 is 9.90 Å². The molecule has 0 bridgehead atoms. The fourth-order valence-corrected chi connectivity index (χ4v) is 0.381. The van der Waals surface area contributed by atoms with E-state index in [2.05, 4.69) is 29.1 Å². The zero-order valence-corrected chi connectivity index (χ0v) is 11.6. The molecule has 0 rings (SSSR count). The summed E-state index contributed by atoms with van der Waals surface area (Å²) in [5.74, 6) is 0.409. The Morgan fingerprint density at radius 3 is 1.80 bits per heavy atom. The van der Waals surface area contributed by atoms with Crippen LogP contribution in [0.15, 0.2) is 25.3 Å². The first kappa shape index (κ1) is 20.6. The summed E-state index contributed by atoms with van der Waals surface area (Å²) in [7, 11) is 0. The van der Waals surface area contributed by atoms with Crippen molar-refractivity contribution in [3.05, 3.63) is 25.3 Å². The van der Waals surface area contributed by atoms with Crippen molar-refractivity contribution in [2.75, 3.05) is 17.1 Å². The van der Waals surface area contributed by atoms with Gasteiger partial charge in [0.15, 0.2) is 0 Å². The van der Waals surface area contributed by atoms with Crippen molar-refractivity contribution in [2.24, 2.45) is 0 Å². The lowest BCUT2D eigenvalue weighted by Gasteiger charge is -1.97. The van der Waals surface area contributed by atoms with E-state index < -0.39 is 6.10 Å². The molecule has 5 heteroatoms. The molecule has 0 amide bonds. The third kappa shape index (κ3) is 40.8. The maximum Gasteiger partial charge on any atom is 0.134 e. The smallest absolute Gasteiger partial charge is 0.134 e. The number of halogens is 3. The van der Waals surface area contributed by atoms with E-state index in [1.165, 1.54) is 0 Å². The van der Waals surface area contributed by atoms with E-state index >= 15 is 0 Å². The quantitative estimate of drug-likeness (QED) is 0.480.